The van der Waals surface area contributed by atoms with Crippen molar-refractivity contribution in [2.75, 3.05) is 0 Å². The molecule has 1 N–H and O–H groups in total. The van der Waals surface area contributed by atoms with E-state index >= 15 is 0 Å². The van der Waals surface area contributed by atoms with Crippen molar-refractivity contribution >= 4 is 5.84 Å². The molecule has 0 amide bonds. The predicted molar refractivity (Wildman–Crippen MR) is 52.8 cm³/mol. The first kappa shape index (κ1) is 9.27. The van der Waals surface area contributed by atoms with Gasteiger partial charge in [0.2, 0.25) is 0 Å². The van der Waals surface area contributed by atoms with Crippen LogP contribution in [0.2, 0.25) is 0 Å². The Balaban J connectivity index is 2.81. The van der Waals surface area contributed by atoms with E-state index in [1.807, 2.05) is 13.0 Å². The number of nitriles is 1. The molecule has 0 unspecified atom stereocenters. The lowest BCUT2D eigenvalue weighted by Gasteiger charge is -2.04. The second-order valence-electron chi connectivity index (χ2n) is 2.52. The standard InChI is InChI=1S/C10H11N3/c1-3-9-8(5-6-11)7-13-10(9)12-4-2/h3-4,7H,2,5H2,1H3,(H,12,13)/b9-3-. The topological polar surface area (TPSA) is 48.2 Å². The summed E-state index contributed by atoms with van der Waals surface area (Å²) < 4.78 is 0. The quantitative estimate of drug-likeness (QED) is 0.693. The second-order valence-corrected chi connectivity index (χ2v) is 2.52. The summed E-state index contributed by atoms with van der Waals surface area (Å²) in [5, 5.41) is 11.5. The molecule has 3 nitrogen and oxygen atoms in total. The van der Waals surface area contributed by atoms with Crippen molar-refractivity contribution in [2.24, 2.45) is 4.99 Å². The van der Waals surface area contributed by atoms with E-state index in [2.05, 4.69) is 23.0 Å². The van der Waals surface area contributed by atoms with Gasteiger partial charge in [0.1, 0.15) is 5.84 Å². The van der Waals surface area contributed by atoms with Crippen molar-refractivity contribution in [1.82, 2.24) is 5.32 Å². The van der Waals surface area contributed by atoms with Crippen molar-refractivity contribution in [1.29, 1.82) is 5.26 Å². The molecule has 0 aromatic heterocycles. The van der Waals surface area contributed by atoms with Gasteiger partial charge in [0, 0.05) is 11.8 Å². The van der Waals surface area contributed by atoms with E-state index < -0.39 is 0 Å². The normalized spacial score (nSPS) is 17.7. The smallest absolute Gasteiger partial charge is 0.137 e. The molecule has 0 bridgehead atoms. The van der Waals surface area contributed by atoms with E-state index in [0.717, 1.165) is 17.0 Å². The fourth-order valence-electron chi connectivity index (χ4n) is 1.19. The minimum absolute atomic E-state index is 0.394. The summed E-state index contributed by atoms with van der Waals surface area (Å²) in [7, 11) is 0. The lowest BCUT2D eigenvalue weighted by molar-refractivity contribution is 1.23. The molecule has 1 heterocycles. The summed E-state index contributed by atoms with van der Waals surface area (Å²) in [4.78, 5) is 4.13. The van der Waals surface area contributed by atoms with E-state index in [4.69, 9.17) is 5.26 Å². The zero-order valence-corrected chi connectivity index (χ0v) is 7.54. The monoisotopic (exact) mass is 173 g/mol. The van der Waals surface area contributed by atoms with Crippen LogP contribution in [-0.4, -0.2) is 5.84 Å². The molecule has 1 aliphatic heterocycles. The molecule has 0 aromatic rings. The summed E-state index contributed by atoms with van der Waals surface area (Å²) in [6, 6.07) is 2.10. The molecule has 13 heavy (non-hydrogen) atoms. The Hall–Kier alpha value is -1.82. The zero-order chi connectivity index (χ0) is 9.68. The Morgan fingerprint density at radius 1 is 1.77 bits per heavy atom. The minimum atomic E-state index is 0.394. The summed E-state index contributed by atoms with van der Waals surface area (Å²) in [6.45, 7) is 5.48. The Labute approximate surface area is 77.8 Å². The van der Waals surface area contributed by atoms with Crippen LogP contribution in [0.15, 0.2) is 41.2 Å². The zero-order valence-electron chi connectivity index (χ0n) is 7.54. The van der Waals surface area contributed by atoms with Gasteiger partial charge in [0.05, 0.1) is 12.5 Å². The van der Waals surface area contributed by atoms with Crippen LogP contribution < -0.4 is 5.32 Å². The summed E-state index contributed by atoms with van der Waals surface area (Å²) >= 11 is 0. The maximum absolute atomic E-state index is 8.55. The van der Waals surface area contributed by atoms with Crippen LogP contribution in [-0.2, 0) is 0 Å². The highest BCUT2D eigenvalue weighted by Gasteiger charge is 2.14. The Morgan fingerprint density at radius 3 is 3.08 bits per heavy atom. The second kappa shape index (κ2) is 4.27. The molecule has 0 fully saturated rings. The third-order valence-corrected chi connectivity index (χ3v) is 1.75. The molecule has 0 saturated heterocycles. The van der Waals surface area contributed by atoms with Gasteiger partial charge in [-0.3, -0.25) is 0 Å². The van der Waals surface area contributed by atoms with Crippen LogP contribution in [0.4, 0.5) is 0 Å². The van der Waals surface area contributed by atoms with Gasteiger partial charge < -0.3 is 5.32 Å². The summed E-state index contributed by atoms with van der Waals surface area (Å²) in [6.07, 6.45) is 5.62. The Kier molecular flexibility index (Phi) is 3.04. The van der Waals surface area contributed by atoms with Gasteiger partial charge in [0.25, 0.3) is 0 Å². The van der Waals surface area contributed by atoms with Crippen molar-refractivity contribution in [3.05, 3.63) is 36.2 Å². The van der Waals surface area contributed by atoms with Crippen molar-refractivity contribution in [3.63, 3.8) is 0 Å². The number of nitrogens with one attached hydrogen (secondary N) is 1. The number of aliphatic imine (C=N–C) groups is 1. The van der Waals surface area contributed by atoms with Crippen LogP contribution in [0.25, 0.3) is 0 Å². The third-order valence-electron chi connectivity index (χ3n) is 1.75. The molecular formula is C10H11N3. The van der Waals surface area contributed by atoms with Crippen molar-refractivity contribution < 1.29 is 0 Å². The highest BCUT2D eigenvalue weighted by atomic mass is 15.0. The van der Waals surface area contributed by atoms with Gasteiger partial charge in [-0.05, 0) is 18.7 Å². The van der Waals surface area contributed by atoms with Gasteiger partial charge in [-0.2, -0.15) is 5.26 Å². The summed E-state index contributed by atoms with van der Waals surface area (Å²) in [5.74, 6) is 0.766. The van der Waals surface area contributed by atoms with Gasteiger partial charge in [0.15, 0.2) is 0 Å². The average molecular weight is 173 g/mol. The molecule has 66 valence electrons. The molecule has 0 atom stereocenters. The Morgan fingerprint density at radius 2 is 2.54 bits per heavy atom. The maximum atomic E-state index is 8.55. The third kappa shape index (κ3) is 1.85. The van der Waals surface area contributed by atoms with E-state index in [9.17, 15) is 0 Å². The molecule has 1 aliphatic rings. The molecule has 0 radical (unpaired) electrons. The number of hydrogen-bond donors (Lipinski definition) is 1. The summed E-state index contributed by atoms with van der Waals surface area (Å²) in [5.41, 5.74) is 1.94. The van der Waals surface area contributed by atoms with Crippen LogP contribution >= 0.6 is 0 Å². The van der Waals surface area contributed by atoms with Gasteiger partial charge in [-0.15, -0.1) is 0 Å². The lowest BCUT2D eigenvalue weighted by Crippen LogP contribution is -2.17. The number of nitrogens with zero attached hydrogens (tertiary/aromatic N) is 2. The molecule has 3 heteroatoms. The number of hydrogen-bond acceptors (Lipinski definition) is 3. The van der Waals surface area contributed by atoms with Gasteiger partial charge in [-0.25, -0.2) is 4.99 Å². The SMILES string of the molecule is C=CNC1=NC=C(CC#N)/C1=C/C. The average Bonchev–Trinajstić information content (AvgIpc) is 2.49. The molecule has 0 aromatic carbocycles. The van der Waals surface area contributed by atoms with Gasteiger partial charge >= 0.3 is 0 Å². The minimum Gasteiger partial charge on any atom is -0.347 e. The van der Waals surface area contributed by atoms with Crippen LogP contribution in [0, 0.1) is 11.3 Å². The highest BCUT2D eigenvalue weighted by Crippen LogP contribution is 2.20. The predicted octanol–water partition coefficient (Wildman–Crippen LogP) is 1.88. The van der Waals surface area contributed by atoms with Crippen LogP contribution in [0.5, 0.6) is 0 Å². The molecule has 1 rings (SSSR count). The first-order chi connectivity index (χ1) is 6.33. The number of amidine groups is 1. The van der Waals surface area contributed by atoms with E-state index in [-0.39, 0.29) is 0 Å². The molecule has 0 aliphatic carbocycles. The molecule has 0 spiro atoms. The van der Waals surface area contributed by atoms with Gasteiger partial charge in [-0.1, -0.05) is 12.7 Å². The number of allylic oxidation sites excluding steroid dienone is 1. The van der Waals surface area contributed by atoms with Crippen molar-refractivity contribution in [2.45, 2.75) is 13.3 Å². The van der Waals surface area contributed by atoms with Crippen LogP contribution in [0.1, 0.15) is 13.3 Å². The number of rotatable bonds is 2. The molecule has 0 saturated carbocycles. The first-order valence-corrected chi connectivity index (χ1v) is 4.01. The molecular weight excluding hydrogens is 162 g/mol. The van der Waals surface area contributed by atoms with E-state index in [1.165, 1.54) is 0 Å². The first-order valence-electron chi connectivity index (χ1n) is 4.01. The van der Waals surface area contributed by atoms with Crippen molar-refractivity contribution in [3.8, 4) is 6.07 Å². The van der Waals surface area contributed by atoms with E-state index in [1.54, 1.807) is 12.4 Å². The largest absolute Gasteiger partial charge is 0.347 e. The fraction of sp³-hybridized carbons (Fsp3) is 0.200. The Bertz CT molecular complexity index is 340. The lowest BCUT2D eigenvalue weighted by atomic mass is 10.1. The van der Waals surface area contributed by atoms with Crippen LogP contribution in [0.3, 0.4) is 0 Å². The highest BCUT2D eigenvalue weighted by molar-refractivity contribution is 6.05. The maximum Gasteiger partial charge on any atom is 0.137 e. The van der Waals surface area contributed by atoms with E-state index in [0.29, 0.717) is 6.42 Å². The fourth-order valence-corrected chi connectivity index (χ4v) is 1.19.